The van der Waals surface area contributed by atoms with Crippen LogP contribution >= 0.6 is 11.8 Å². The molecule has 0 aliphatic rings. The van der Waals surface area contributed by atoms with Crippen LogP contribution in [0.5, 0.6) is 5.88 Å². The van der Waals surface area contributed by atoms with Crippen molar-refractivity contribution in [1.29, 1.82) is 0 Å². The lowest BCUT2D eigenvalue weighted by atomic mass is 10.1. The monoisotopic (exact) mass is 273 g/mol. The second kappa shape index (κ2) is 7.19. The zero-order valence-corrected chi connectivity index (χ0v) is 12.2. The molecule has 0 fully saturated rings. The van der Waals surface area contributed by atoms with Gasteiger partial charge in [0.2, 0.25) is 5.88 Å². The summed E-state index contributed by atoms with van der Waals surface area (Å²) in [6.45, 7) is 2.79. The van der Waals surface area contributed by atoms with Gasteiger partial charge in [0.05, 0.1) is 0 Å². The molecule has 0 radical (unpaired) electrons. The quantitative estimate of drug-likeness (QED) is 0.790. The first-order valence-corrected chi connectivity index (χ1v) is 7.80. The lowest BCUT2D eigenvalue weighted by Gasteiger charge is -2.11. The molecule has 0 N–H and O–H groups in total. The van der Waals surface area contributed by atoms with E-state index >= 15 is 0 Å². The van der Waals surface area contributed by atoms with Crippen LogP contribution in [0.15, 0.2) is 48.7 Å². The van der Waals surface area contributed by atoms with Crippen molar-refractivity contribution in [3.63, 3.8) is 0 Å². The largest absolute Gasteiger partial charge is 0.473 e. The maximum Gasteiger partial charge on any atom is 0.213 e. The summed E-state index contributed by atoms with van der Waals surface area (Å²) < 4.78 is 5.74. The van der Waals surface area contributed by atoms with Crippen molar-refractivity contribution in [2.45, 2.75) is 19.4 Å². The second-order valence-electron chi connectivity index (χ2n) is 4.56. The molecule has 2 rings (SSSR count). The fourth-order valence-electron chi connectivity index (χ4n) is 1.89. The van der Waals surface area contributed by atoms with Crippen molar-refractivity contribution < 1.29 is 4.74 Å². The summed E-state index contributed by atoms with van der Waals surface area (Å²) in [5, 5.41) is 0. The predicted octanol–water partition coefficient (Wildman–Crippen LogP) is 4.13. The van der Waals surface area contributed by atoms with Gasteiger partial charge in [-0.3, -0.25) is 0 Å². The van der Waals surface area contributed by atoms with E-state index in [1.807, 2.05) is 42.2 Å². The summed E-state index contributed by atoms with van der Waals surface area (Å²) in [4.78, 5) is 4.27. The van der Waals surface area contributed by atoms with Gasteiger partial charge in [-0.15, -0.1) is 0 Å². The van der Waals surface area contributed by atoms with Gasteiger partial charge in [-0.05, 0) is 35.1 Å². The van der Waals surface area contributed by atoms with E-state index in [1.165, 1.54) is 5.56 Å². The summed E-state index contributed by atoms with van der Waals surface area (Å²) >= 11 is 1.86. The van der Waals surface area contributed by atoms with Gasteiger partial charge >= 0.3 is 0 Å². The van der Waals surface area contributed by atoms with Crippen molar-refractivity contribution in [2.75, 3.05) is 12.0 Å². The summed E-state index contributed by atoms with van der Waals surface area (Å²) in [5.74, 6) is 2.34. The molecule has 19 heavy (non-hydrogen) atoms. The van der Waals surface area contributed by atoms with Crippen LogP contribution in [0.4, 0.5) is 0 Å². The van der Waals surface area contributed by atoms with E-state index < -0.39 is 0 Å². The third-order valence-electron chi connectivity index (χ3n) is 2.97. The molecule has 1 aromatic carbocycles. The van der Waals surface area contributed by atoms with Gasteiger partial charge in [-0.1, -0.05) is 37.3 Å². The molecule has 3 heteroatoms. The minimum absolute atomic E-state index is 0.525. The molecule has 1 unspecified atom stereocenters. The summed E-state index contributed by atoms with van der Waals surface area (Å²) in [7, 11) is 0. The summed E-state index contributed by atoms with van der Waals surface area (Å²) in [5.41, 5.74) is 2.44. The molecular formula is C16H19NOS. The number of nitrogens with zero attached hydrogens (tertiary/aromatic N) is 1. The van der Waals surface area contributed by atoms with Gasteiger partial charge in [-0.25, -0.2) is 4.98 Å². The standard InChI is InChI=1S/C16H19NOS/c1-13(12-19-2)15-8-9-17-16(10-15)18-11-14-6-4-3-5-7-14/h3-10,13H,11-12H2,1-2H3. The molecular weight excluding hydrogens is 254 g/mol. The zero-order valence-electron chi connectivity index (χ0n) is 11.4. The van der Waals surface area contributed by atoms with Gasteiger partial charge in [0.15, 0.2) is 0 Å². The molecule has 1 aromatic heterocycles. The van der Waals surface area contributed by atoms with E-state index in [9.17, 15) is 0 Å². The van der Waals surface area contributed by atoms with Gasteiger partial charge in [0, 0.05) is 12.3 Å². The number of aromatic nitrogens is 1. The van der Waals surface area contributed by atoms with Crippen LogP contribution < -0.4 is 4.74 Å². The summed E-state index contributed by atoms with van der Waals surface area (Å²) in [6, 6.07) is 14.3. The number of hydrogen-bond donors (Lipinski definition) is 0. The van der Waals surface area contributed by atoms with Crippen molar-refractivity contribution in [1.82, 2.24) is 4.98 Å². The SMILES string of the molecule is CSCC(C)c1ccnc(OCc2ccccc2)c1. The van der Waals surface area contributed by atoms with Gasteiger partial charge in [0.25, 0.3) is 0 Å². The van der Waals surface area contributed by atoms with E-state index in [2.05, 4.69) is 36.4 Å². The van der Waals surface area contributed by atoms with Crippen LogP contribution in [-0.2, 0) is 6.61 Å². The van der Waals surface area contributed by atoms with Crippen LogP contribution in [0, 0.1) is 0 Å². The Morgan fingerprint density at radius 1 is 1.21 bits per heavy atom. The Kier molecular flexibility index (Phi) is 5.28. The maximum absolute atomic E-state index is 5.74. The van der Waals surface area contributed by atoms with Gasteiger partial charge in [-0.2, -0.15) is 11.8 Å². The van der Waals surface area contributed by atoms with E-state index in [4.69, 9.17) is 4.74 Å². The lowest BCUT2D eigenvalue weighted by molar-refractivity contribution is 0.293. The Labute approximate surface area is 119 Å². The highest BCUT2D eigenvalue weighted by Crippen LogP contribution is 2.22. The van der Waals surface area contributed by atoms with E-state index in [0.29, 0.717) is 18.4 Å². The Bertz CT molecular complexity index is 501. The van der Waals surface area contributed by atoms with Gasteiger partial charge < -0.3 is 4.74 Å². The van der Waals surface area contributed by atoms with Crippen LogP contribution in [0.2, 0.25) is 0 Å². The Balaban J connectivity index is 1.99. The zero-order chi connectivity index (χ0) is 13.5. The molecule has 0 saturated heterocycles. The highest BCUT2D eigenvalue weighted by Gasteiger charge is 2.06. The first kappa shape index (κ1) is 13.9. The number of rotatable bonds is 6. The summed E-state index contributed by atoms with van der Waals surface area (Å²) in [6.07, 6.45) is 3.96. The van der Waals surface area contributed by atoms with E-state index in [0.717, 1.165) is 11.3 Å². The Morgan fingerprint density at radius 2 is 2.00 bits per heavy atom. The molecule has 1 atom stereocenters. The lowest BCUT2D eigenvalue weighted by Crippen LogP contribution is -2.00. The van der Waals surface area contributed by atoms with Crippen LogP contribution in [0.3, 0.4) is 0 Å². The molecule has 0 saturated carbocycles. The third-order valence-corrected chi connectivity index (χ3v) is 3.81. The van der Waals surface area contributed by atoms with E-state index in [-0.39, 0.29) is 0 Å². The molecule has 1 heterocycles. The van der Waals surface area contributed by atoms with Crippen LogP contribution in [0.1, 0.15) is 24.0 Å². The smallest absolute Gasteiger partial charge is 0.213 e. The minimum Gasteiger partial charge on any atom is -0.473 e. The molecule has 2 nitrogen and oxygen atoms in total. The molecule has 0 aliphatic carbocycles. The average molecular weight is 273 g/mol. The van der Waals surface area contributed by atoms with Crippen LogP contribution in [0.25, 0.3) is 0 Å². The second-order valence-corrected chi connectivity index (χ2v) is 5.47. The van der Waals surface area contributed by atoms with E-state index in [1.54, 1.807) is 0 Å². The minimum atomic E-state index is 0.525. The average Bonchev–Trinajstić information content (AvgIpc) is 2.47. The molecule has 2 aromatic rings. The van der Waals surface area contributed by atoms with Crippen molar-refractivity contribution in [3.8, 4) is 5.88 Å². The van der Waals surface area contributed by atoms with Gasteiger partial charge in [0.1, 0.15) is 6.61 Å². The molecule has 0 spiro atoms. The number of hydrogen-bond acceptors (Lipinski definition) is 3. The number of ether oxygens (including phenoxy) is 1. The topological polar surface area (TPSA) is 22.1 Å². The predicted molar refractivity (Wildman–Crippen MR) is 81.8 cm³/mol. The normalized spacial score (nSPS) is 12.1. The molecule has 0 amide bonds. The first-order chi connectivity index (χ1) is 9.29. The fourth-order valence-corrected chi connectivity index (χ4v) is 2.58. The van der Waals surface area contributed by atoms with Crippen molar-refractivity contribution in [3.05, 3.63) is 59.8 Å². The number of benzene rings is 1. The highest BCUT2D eigenvalue weighted by molar-refractivity contribution is 7.98. The third kappa shape index (κ3) is 4.28. The highest BCUT2D eigenvalue weighted by atomic mass is 32.2. The Hall–Kier alpha value is -1.48. The first-order valence-electron chi connectivity index (χ1n) is 6.41. The van der Waals surface area contributed by atoms with Crippen molar-refractivity contribution in [2.24, 2.45) is 0 Å². The molecule has 100 valence electrons. The molecule has 0 aliphatic heterocycles. The number of pyridine rings is 1. The maximum atomic E-state index is 5.74. The number of thioether (sulfide) groups is 1. The van der Waals surface area contributed by atoms with Crippen LogP contribution in [-0.4, -0.2) is 17.0 Å². The Morgan fingerprint density at radius 3 is 2.74 bits per heavy atom. The fraction of sp³-hybridized carbons (Fsp3) is 0.312. The molecule has 0 bridgehead atoms. The van der Waals surface area contributed by atoms with Crippen molar-refractivity contribution >= 4 is 11.8 Å².